The standard InChI is InChI=1S/C26H30N4O4S/c1-18-16-22(29-34-18)28-23(31)13-14-24(32)30(17-21-12-7-15-35-21)25(19-8-3-2-4-9-19)26(33)27-20-10-5-6-11-20/h2-4,7-9,12,15-16,20,25H,5-6,10-11,13-14,17H2,1H3,(H,27,33)(H,28,29,31)/t25-/m0/s1. The summed E-state index contributed by atoms with van der Waals surface area (Å²) in [6.45, 7) is 2.02. The predicted octanol–water partition coefficient (Wildman–Crippen LogP) is 4.59. The molecule has 0 aliphatic heterocycles. The summed E-state index contributed by atoms with van der Waals surface area (Å²) in [5.41, 5.74) is 0.746. The van der Waals surface area contributed by atoms with Crippen LogP contribution in [0.2, 0.25) is 0 Å². The average molecular weight is 495 g/mol. The first-order chi connectivity index (χ1) is 17.0. The highest BCUT2D eigenvalue weighted by molar-refractivity contribution is 7.09. The Labute approximate surface area is 208 Å². The highest BCUT2D eigenvalue weighted by atomic mass is 32.1. The summed E-state index contributed by atoms with van der Waals surface area (Å²) in [4.78, 5) is 42.1. The van der Waals surface area contributed by atoms with Crippen LogP contribution in [0.5, 0.6) is 0 Å². The van der Waals surface area contributed by atoms with E-state index in [0.29, 0.717) is 11.6 Å². The van der Waals surface area contributed by atoms with Crippen LogP contribution in [0.3, 0.4) is 0 Å². The van der Waals surface area contributed by atoms with E-state index in [1.54, 1.807) is 17.9 Å². The van der Waals surface area contributed by atoms with Gasteiger partial charge in [0.05, 0.1) is 6.54 Å². The van der Waals surface area contributed by atoms with Gasteiger partial charge in [-0.2, -0.15) is 0 Å². The van der Waals surface area contributed by atoms with E-state index in [1.165, 1.54) is 11.3 Å². The number of amides is 3. The van der Waals surface area contributed by atoms with Crippen LogP contribution >= 0.6 is 11.3 Å². The van der Waals surface area contributed by atoms with Crippen molar-refractivity contribution >= 4 is 34.9 Å². The summed E-state index contributed by atoms with van der Waals surface area (Å²) in [6.07, 6.45) is 4.03. The average Bonchev–Trinajstić information content (AvgIpc) is 3.62. The number of aromatic nitrogens is 1. The molecule has 1 saturated carbocycles. The van der Waals surface area contributed by atoms with E-state index < -0.39 is 6.04 Å². The van der Waals surface area contributed by atoms with Gasteiger partial charge in [0.2, 0.25) is 17.7 Å². The Balaban J connectivity index is 1.53. The van der Waals surface area contributed by atoms with Gasteiger partial charge >= 0.3 is 0 Å². The molecule has 8 nitrogen and oxygen atoms in total. The highest BCUT2D eigenvalue weighted by Gasteiger charge is 2.33. The molecule has 1 fully saturated rings. The van der Waals surface area contributed by atoms with E-state index in [-0.39, 0.29) is 43.1 Å². The Hall–Kier alpha value is -3.46. The number of thiophene rings is 1. The zero-order valence-electron chi connectivity index (χ0n) is 19.7. The number of hydrogen-bond acceptors (Lipinski definition) is 6. The molecule has 2 heterocycles. The van der Waals surface area contributed by atoms with Gasteiger partial charge in [0.15, 0.2) is 5.82 Å². The SMILES string of the molecule is Cc1cc(NC(=O)CCC(=O)N(Cc2cccs2)[C@H](C(=O)NC2CCCC2)c2ccccc2)no1. The van der Waals surface area contributed by atoms with Gasteiger partial charge in [0.25, 0.3) is 0 Å². The number of benzene rings is 1. The van der Waals surface area contributed by atoms with Gasteiger partial charge in [-0.1, -0.05) is 54.4 Å². The summed E-state index contributed by atoms with van der Waals surface area (Å²) in [7, 11) is 0. The molecule has 1 aromatic carbocycles. The van der Waals surface area contributed by atoms with Crippen molar-refractivity contribution in [3.63, 3.8) is 0 Å². The number of nitrogens with one attached hydrogen (secondary N) is 2. The van der Waals surface area contributed by atoms with Crippen LogP contribution in [0.1, 0.15) is 60.8 Å². The molecule has 1 aliphatic carbocycles. The van der Waals surface area contributed by atoms with Crippen LogP contribution in [0.4, 0.5) is 5.82 Å². The van der Waals surface area contributed by atoms with E-state index in [1.807, 2.05) is 47.8 Å². The molecular formula is C26H30N4O4S. The Kier molecular flexibility index (Phi) is 8.31. The van der Waals surface area contributed by atoms with Gasteiger partial charge in [0.1, 0.15) is 11.8 Å². The smallest absolute Gasteiger partial charge is 0.247 e. The lowest BCUT2D eigenvalue weighted by atomic mass is 10.0. The quantitative estimate of drug-likeness (QED) is 0.429. The molecule has 9 heteroatoms. The zero-order chi connectivity index (χ0) is 24.6. The molecule has 35 heavy (non-hydrogen) atoms. The Bertz CT molecular complexity index is 1120. The molecule has 0 radical (unpaired) electrons. The minimum Gasteiger partial charge on any atom is -0.360 e. The number of rotatable bonds is 10. The maximum atomic E-state index is 13.6. The molecular weight excluding hydrogens is 464 g/mol. The van der Waals surface area contributed by atoms with Crippen LogP contribution in [0, 0.1) is 6.92 Å². The topological polar surface area (TPSA) is 105 Å². The number of carbonyl (C=O) groups is 3. The monoisotopic (exact) mass is 494 g/mol. The van der Waals surface area contributed by atoms with E-state index in [0.717, 1.165) is 36.1 Å². The van der Waals surface area contributed by atoms with Gasteiger partial charge < -0.3 is 20.1 Å². The Morgan fingerprint density at radius 1 is 1.11 bits per heavy atom. The second-order valence-corrected chi connectivity index (χ2v) is 9.81. The van der Waals surface area contributed by atoms with Crippen molar-refractivity contribution in [1.29, 1.82) is 0 Å². The van der Waals surface area contributed by atoms with Crippen molar-refractivity contribution in [2.24, 2.45) is 0 Å². The molecule has 0 bridgehead atoms. The summed E-state index contributed by atoms with van der Waals surface area (Å²) >= 11 is 1.53. The van der Waals surface area contributed by atoms with Crippen molar-refractivity contribution < 1.29 is 18.9 Å². The first kappa shape index (κ1) is 24.7. The van der Waals surface area contributed by atoms with Gasteiger partial charge in [0, 0.05) is 29.8 Å². The third-order valence-electron chi connectivity index (χ3n) is 6.06. The van der Waals surface area contributed by atoms with Crippen LogP contribution in [0.15, 0.2) is 58.4 Å². The van der Waals surface area contributed by atoms with E-state index in [9.17, 15) is 14.4 Å². The lowest BCUT2D eigenvalue weighted by Gasteiger charge is -2.32. The summed E-state index contributed by atoms with van der Waals surface area (Å²) in [6, 6.07) is 14.2. The molecule has 2 N–H and O–H groups in total. The fourth-order valence-corrected chi connectivity index (χ4v) is 5.05. The molecule has 3 aromatic rings. The first-order valence-electron chi connectivity index (χ1n) is 11.9. The number of aryl methyl sites for hydroxylation is 1. The third kappa shape index (κ3) is 6.79. The van der Waals surface area contributed by atoms with Crippen LogP contribution in [-0.4, -0.2) is 33.8 Å². The number of nitrogens with zero attached hydrogens (tertiary/aromatic N) is 2. The maximum absolute atomic E-state index is 13.6. The molecule has 0 unspecified atom stereocenters. The minimum atomic E-state index is -0.785. The lowest BCUT2D eigenvalue weighted by Crippen LogP contribution is -2.45. The molecule has 2 aromatic heterocycles. The van der Waals surface area contributed by atoms with E-state index in [2.05, 4.69) is 15.8 Å². The number of hydrogen-bond donors (Lipinski definition) is 2. The summed E-state index contributed by atoms with van der Waals surface area (Å²) < 4.78 is 4.97. The molecule has 184 valence electrons. The van der Waals surface area contributed by atoms with Crippen molar-refractivity contribution in [3.8, 4) is 0 Å². The van der Waals surface area contributed by atoms with Gasteiger partial charge in [-0.25, -0.2) is 0 Å². The second-order valence-electron chi connectivity index (χ2n) is 8.78. The van der Waals surface area contributed by atoms with Crippen molar-refractivity contribution in [2.75, 3.05) is 5.32 Å². The molecule has 0 saturated heterocycles. The number of carbonyl (C=O) groups excluding carboxylic acids is 3. The fraction of sp³-hybridized carbons (Fsp3) is 0.385. The Morgan fingerprint density at radius 3 is 2.54 bits per heavy atom. The van der Waals surface area contributed by atoms with Crippen molar-refractivity contribution in [1.82, 2.24) is 15.4 Å². The van der Waals surface area contributed by atoms with E-state index >= 15 is 0 Å². The van der Waals surface area contributed by atoms with Crippen molar-refractivity contribution in [3.05, 3.63) is 70.1 Å². The molecule has 0 spiro atoms. The van der Waals surface area contributed by atoms with Crippen LogP contribution < -0.4 is 10.6 Å². The Morgan fingerprint density at radius 2 is 1.89 bits per heavy atom. The molecule has 1 aliphatic rings. The third-order valence-corrected chi connectivity index (χ3v) is 6.93. The normalized spacial score (nSPS) is 14.4. The zero-order valence-corrected chi connectivity index (χ0v) is 20.6. The molecule has 1 atom stereocenters. The van der Waals surface area contributed by atoms with Gasteiger partial charge in [-0.05, 0) is 36.8 Å². The minimum absolute atomic E-state index is 0.0303. The van der Waals surface area contributed by atoms with E-state index in [4.69, 9.17) is 4.52 Å². The molecule has 3 amide bonds. The molecule has 4 rings (SSSR count). The van der Waals surface area contributed by atoms with Crippen LogP contribution in [0.25, 0.3) is 0 Å². The highest BCUT2D eigenvalue weighted by Crippen LogP contribution is 2.27. The second kappa shape index (κ2) is 11.8. The van der Waals surface area contributed by atoms with Crippen molar-refractivity contribution in [2.45, 2.75) is 64.1 Å². The first-order valence-corrected chi connectivity index (χ1v) is 12.8. The summed E-state index contributed by atoms with van der Waals surface area (Å²) in [5, 5.41) is 11.5. The number of anilines is 1. The predicted molar refractivity (Wildman–Crippen MR) is 134 cm³/mol. The summed E-state index contributed by atoms with van der Waals surface area (Å²) in [5.74, 6) is 0.108. The van der Waals surface area contributed by atoms with Gasteiger partial charge in [-0.15, -0.1) is 11.3 Å². The lowest BCUT2D eigenvalue weighted by molar-refractivity contribution is -0.142. The largest absolute Gasteiger partial charge is 0.360 e. The maximum Gasteiger partial charge on any atom is 0.247 e. The van der Waals surface area contributed by atoms with Crippen LogP contribution in [-0.2, 0) is 20.9 Å². The fourth-order valence-electron chi connectivity index (χ4n) is 4.35. The van der Waals surface area contributed by atoms with Gasteiger partial charge in [-0.3, -0.25) is 14.4 Å².